The number of aryl methyl sites for hydroxylation is 2. The van der Waals surface area contributed by atoms with E-state index >= 15 is 0 Å². The van der Waals surface area contributed by atoms with Crippen molar-refractivity contribution in [2.75, 3.05) is 31.0 Å². The number of unbranched alkanes of at least 4 members (excludes halogenated alkanes) is 1. The average Bonchev–Trinajstić information content (AvgIpc) is 2.95. The van der Waals surface area contributed by atoms with Gasteiger partial charge in [-0.25, -0.2) is 5.43 Å². The fourth-order valence-corrected chi connectivity index (χ4v) is 3.46. The Morgan fingerprint density at radius 2 is 1.65 bits per heavy atom. The van der Waals surface area contributed by atoms with Crippen molar-refractivity contribution in [3.63, 3.8) is 0 Å². The number of anilines is 2. The SMILES string of the molecule is CCCCOc1ccc(NC(=O)C(=O)N/N=C\c2ccc(OCC(=O)Nc3cc(C)ccc3C)c(OC)c2)cc1. The lowest BCUT2D eigenvalue weighted by molar-refractivity contribution is -0.136. The summed E-state index contributed by atoms with van der Waals surface area (Å²) in [5.41, 5.74) is 5.93. The van der Waals surface area contributed by atoms with E-state index in [1.807, 2.05) is 32.0 Å². The second-order valence-electron chi connectivity index (χ2n) is 8.95. The number of rotatable bonds is 12. The smallest absolute Gasteiger partial charge is 0.329 e. The van der Waals surface area contributed by atoms with Crippen molar-refractivity contribution in [3.8, 4) is 17.2 Å². The van der Waals surface area contributed by atoms with Crippen LogP contribution < -0.4 is 30.3 Å². The van der Waals surface area contributed by atoms with Gasteiger partial charge in [-0.1, -0.05) is 25.5 Å². The maximum Gasteiger partial charge on any atom is 0.329 e. The van der Waals surface area contributed by atoms with Gasteiger partial charge in [-0.2, -0.15) is 5.10 Å². The molecule has 0 aromatic heterocycles. The normalized spacial score (nSPS) is 10.6. The monoisotopic (exact) mass is 546 g/mol. The van der Waals surface area contributed by atoms with Gasteiger partial charge in [0.15, 0.2) is 18.1 Å². The van der Waals surface area contributed by atoms with Crippen LogP contribution in [0, 0.1) is 13.8 Å². The molecule has 40 heavy (non-hydrogen) atoms. The number of benzene rings is 3. The van der Waals surface area contributed by atoms with Gasteiger partial charge in [0, 0.05) is 11.4 Å². The first-order chi connectivity index (χ1) is 19.3. The molecule has 3 aromatic carbocycles. The van der Waals surface area contributed by atoms with Gasteiger partial charge >= 0.3 is 11.8 Å². The van der Waals surface area contributed by atoms with Crippen LogP contribution in [0.3, 0.4) is 0 Å². The molecule has 0 saturated heterocycles. The molecule has 3 N–H and O–H groups in total. The number of carbonyl (C=O) groups excluding carboxylic acids is 3. The fourth-order valence-electron chi connectivity index (χ4n) is 3.46. The van der Waals surface area contributed by atoms with Gasteiger partial charge in [-0.3, -0.25) is 14.4 Å². The molecule has 0 radical (unpaired) electrons. The molecule has 0 unspecified atom stereocenters. The predicted octanol–water partition coefficient (Wildman–Crippen LogP) is 4.60. The van der Waals surface area contributed by atoms with E-state index in [4.69, 9.17) is 14.2 Å². The van der Waals surface area contributed by atoms with Crippen molar-refractivity contribution >= 4 is 35.3 Å². The Labute approximate surface area is 233 Å². The summed E-state index contributed by atoms with van der Waals surface area (Å²) < 4.78 is 16.6. The van der Waals surface area contributed by atoms with Gasteiger partial charge in [0.25, 0.3) is 5.91 Å². The summed E-state index contributed by atoms with van der Waals surface area (Å²) in [6.45, 7) is 6.36. The van der Waals surface area contributed by atoms with E-state index in [2.05, 4.69) is 28.1 Å². The van der Waals surface area contributed by atoms with Crippen molar-refractivity contribution in [2.24, 2.45) is 5.10 Å². The molecule has 0 saturated carbocycles. The highest BCUT2D eigenvalue weighted by molar-refractivity contribution is 6.39. The molecule has 0 atom stereocenters. The van der Waals surface area contributed by atoms with Crippen LogP contribution in [0.4, 0.5) is 11.4 Å². The van der Waals surface area contributed by atoms with Crippen molar-refractivity contribution in [1.29, 1.82) is 0 Å². The lowest BCUT2D eigenvalue weighted by atomic mass is 10.1. The van der Waals surface area contributed by atoms with Gasteiger partial charge in [0.05, 0.1) is 19.9 Å². The van der Waals surface area contributed by atoms with Crippen LogP contribution in [0.1, 0.15) is 36.5 Å². The van der Waals surface area contributed by atoms with E-state index in [-0.39, 0.29) is 12.5 Å². The standard InChI is InChI=1S/C30H34N4O6/c1-5-6-15-39-24-12-10-23(11-13-24)32-29(36)30(37)34-31-18-22-9-14-26(27(17-22)38-4)40-19-28(35)33-25-16-20(2)7-8-21(25)3/h7-14,16-18H,5-6,15,19H2,1-4H3,(H,32,36)(H,33,35)(H,34,37)/b31-18-. The largest absolute Gasteiger partial charge is 0.494 e. The molecule has 0 aliphatic rings. The maximum atomic E-state index is 12.4. The number of hydrazone groups is 1. The van der Waals surface area contributed by atoms with Crippen LogP contribution in [0.2, 0.25) is 0 Å². The molecular formula is C30H34N4O6. The van der Waals surface area contributed by atoms with Gasteiger partial charge in [-0.15, -0.1) is 0 Å². The number of nitrogens with zero attached hydrogens (tertiary/aromatic N) is 1. The van der Waals surface area contributed by atoms with Crippen molar-refractivity contribution in [2.45, 2.75) is 33.6 Å². The van der Waals surface area contributed by atoms with Crippen molar-refractivity contribution in [1.82, 2.24) is 5.43 Å². The van der Waals surface area contributed by atoms with Crippen LogP contribution in [0.5, 0.6) is 17.2 Å². The molecule has 0 fully saturated rings. The van der Waals surface area contributed by atoms with Crippen molar-refractivity contribution < 1.29 is 28.6 Å². The molecule has 0 heterocycles. The number of ether oxygens (including phenoxy) is 3. The number of hydrogen-bond donors (Lipinski definition) is 3. The Hall–Kier alpha value is -4.86. The third-order valence-corrected chi connectivity index (χ3v) is 5.68. The lowest BCUT2D eigenvalue weighted by Crippen LogP contribution is -2.32. The highest BCUT2D eigenvalue weighted by Crippen LogP contribution is 2.27. The fraction of sp³-hybridized carbons (Fsp3) is 0.267. The molecule has 10 nitrogen and oxygen atoms in total. The molecule has 3 amide bonds. The minimum atomic E-state index is -0.929. The molecule has 3 rings (SSSR count). The van der Waals surface area contributed by atoms with E-state index < -0.39 is 11.8 Å². The Morgan fingerprint density at radius 1 is 0.875 bits per heavy atom. The molecule has 0 aliphatic carbocycles. The van der Waals surface area contributed by atoms with Crippen molar-refractivity contribution in [3.05, 3.63) is 77.4 Å². The summed E-state index contributed by atoms with van der Waals surface area (Å²) >= 11 is 0. The number of amides is 3. The number of carbonyl (C=O) groups is 3. The van der Waals surface area contributed by atoms with E-state index in [0.717, 1.165) is 29.7 Å². The summed E-state index contributed by atoms with van der Waals surface area (Å²) in [6.07, 6.45) is 3.35. The average molecular weight is 547 g/mol. The first-order valence-electron chi connectivity index (χ1n) is 12.8. The predicted molar refractivity (Wildman–Crippen MR) is 154 cm³/mol. The topological polar surface area (TPSA) is 127 Å². The second-order valence-corrected chi connectivity index (χ2v) is 8.95. The first kappa shape index (κ1) is 29.7. The quantitative estimate of drug-likeness (QED) is 0.132. The minimum Gasteiger partial charge on any atom is -0.494 e. The zero-order valence-corrected chi connectivity index (χ0v) is 23.1. The van der Waals surface area contributed by atoms with E-state index in [1.165, 1.54) is 13.3 Å². The van der Waals surface area contributed by atoms with E-state index in [9.17, 15) is 14.4 Å². The molecule has 0 spiro atoms. The highest BCUT2D eigenvalue weighted by Gasteiger charge is 2.13. The summed E-state index contributed by atoms with van der Waals surface area (Å²) in [4.78, 5) is 36.7. The number of hydrogen-bond acceptors (Lipinski definition) is 7. The van der Waals surface area contributed by atoms with Crippen LogP contribution >= 0.6 is 0 Å². The van der Waals surface area contributed by atoms with Gasteiger partial charge in [-0.05, 0) is 85.5 Å². The molecule has 3 aromatic rings. The molecule has 0 bridgehead atoms. The van der Waals surface area contributed by atoms with E-state index in [1.54, 1.807) is 42.5 Å². The van der Waals surface area contributed by atoms with Crippen LogP contribution in [0.15, 0.2) is 65.8 Å². The Morgan fingerprint density at radius 3 is 2.38 bits per heavy atom. The van der Waals surface area contributed by atoms with Gasteiger partial charge < -0.3 is 24.8 Å². The van der Waals surface area contributed by atoms with Crippen LogP contribution in [-0.2, 0) is 14.4 Å². The number of nitrogens with one attached hydrogen (secondary N) is 3. The summed E-state index contributed by atoms with van der Waals surface area (Å²) in [5.74, 6) is -0.680. The maximum absolute atomic E-state index is 12.4. The second kappa shape index (κ2) is 14.9. The first-order valence-corrected chi connectivity index (χ1v) is 12.8. The highest BCUT2D eigenvalue weighted by atomic mass is 16.5. The lowest BCUT2D eigenvalue weighted by Gasteiger charge is -2.12. The zero-order valence-electron chi connectivity index (χ0n) is 23.1. The Kier molecular flexibility index (Phi) is 11.1. The van der Waals surface area contributed by atoms with Gasteiger partial charge in [0.2, 0.25) is 0 Å². The zero-order chi connectivity index (χ0) is 28.9. The summed E-state index contributed by atoms with van der Waals surface area (Å²) in [5, 5.41) is 9.18. The molecule has 0 aliphatic heterocycles. The Balaban J connectivity index is 1.49. The number of methoxy groups -OCH3 is 1. The molecule has 10 heteroatoms. The molecular weight excluding hydrogens is 512 g/mol. The van der Waals surface area contributed by atoms with Crippen LogP contribution in [-0.4, -0.2) is 44.3 Å². The third kappa shape index (κ3) is 9.16. The van der Waals surface area contributed by atoms with Crippen LogP contribution in [0.25, 0.3) is 0 Å². The van der Waals surface area contributed by atoms with E-state index in [0.29, 0.717) is 35.1 Å². The van der Waals surface area contributed by atoms with Gasteiger partial charge in [0.1, 0.15) is 5.75 Å². The minimum absolute atomic E-state index is 0.211. The summed E-state index contributed by atoms with van der Waals surface area (Å²) in [6, 6.07) is 17.5. The molecule has 210 valence electrons. The Bertz CT molecular complexity index is 1350. The summed E-state index contributed by atoms with van der Waals surface area (Å²) in [7, 11) is 1.47. The third-order valence-electron chi connectivity index (χ3n) is 5.68.